The summed E-state index contributed by atoms with van der Waals surface area (Å²) in [5, 5.41) is 45.2. The fraction of sp³-hybridized carbons (Fsp3) is 0.500. The lowest BCUT2D eigenvalue weighted by atomic mass is 10.0. The number of carbonyl (C=O) groups is 4. The summed E-state index contributed by atoms with van der Waals surface area (Å²) < 4.78 is 0. The van der Waals surface area contributed by atoms with Gasteiger partial charge in [-0.25, -0.2) is 4.79 Å². The summed E-state index contributed by atoms with van der Waals surface area (Å²) in [7, 11) is 0. The Hall–Kier alpha value is -3.38. The lowest BCUT2D eigenvalue weighted by Crippen LogP contribution is -2.57. The van der Waals surface area contributed by atoms with E-state index in [0.29, 0.717) is 24.9 Å². The number of carbonyl (C=O) groups excluding carboxylic acids is 3. The van der Waals surface area contributed by atoms with Crippen molar-refractivity contribution in [3.8, 4) is 11.5 Å². The molecule has 178 valence electrons. The molecule has 12 heteroatoms. The molecule has 0 aliphatic heterocycles. The first kappa shape index (κ1) is 26.7. The molecule has 0 heterocycles. The number of hydrogen-bond acceptors (Lipinski definition) is 8. The van der Waals surface area contributed by atoms with Crippen molar-refractivity contribution in [1.29, 1.82) is 0 Å². The molecule has 0 radical (unpaired) electrons. The first-order valence-electron chi connectivity index (χ1n) is 10.0. The smallest absolute Gasteiger partial charge is 0.326 e. The largest absolute Gasteiger partial charge is 0.504 e. The third-order valence-corrected chi connectivity index (χ3v) is 4.69. The van der Waals surface area contributed by atoms with E-state index in [2.05, 4.69) is 16.0 Å². The zero-order chi connectivity index (χ0) is 24.3. The van der Waals surface area contributed by atoms with Gasteiger partial charge in [0.25, 0.3) is 0 Å². The topological polar surface area (TPSA) is 211 Å². The first-order chi connectivity index (χ1) is 15.1. The third-order valence-electron chi connectivity index (χ3n) is 4.69. The van der Waals surface area contributed by atoms with Gasteiger partial charge < -0.3 is 42.1 Å². The number of rotatable bonds is 14. The van der Waals surface area contributed by atoms with E-state index < -0.39 is 47.8 Å². The molecule has 32 heavy (non-hydrogen) atoms. The molecule has 0 saturated heterocycles. The van der Waals surface area contributed by atoms with Crippen LogP contribution in [0.4, 0.5) is 0 Å². The number of carboxylic acids is 1. The molecule has 0 fully saturated rings. The zero-order valence-corrected chi connectivity index (χ0v) is 17.7. The van der Waals surface area contributed by atoms with Crippen molar-refractivity contribution >= 4 is 24.2 Å². The molecule has 3 amide bonds. The molecule has 1 aromatic carbocycles. The van der Waals surface area contributed by atoms with Gasteiger partial charge in [-0.1, -0.05) is 6.07 Å². The van der Waals surface area contributed by atoms with E-state index in [1.807, 2.05) is 0 Å². The van der Waals surface area contributed by atoms with Crippen molar-refractivity contribution in [2.24, 2.45) is 5.73 Å². The van der Waals surface area contributed by atoms with Crippen LogP contribution in [0.3, 0.4) is 0 Å². The highest BCUT2D eigenvalue weighted by atomic mass is 16.4. The van der Waals surface area contributed by atoms with Gasteiger partial charge in [-0.15, -0.1) is 0 Å². The maximum absolute atomic E-state index is 12.9. The standard InChI is InChI=1S/C20H30N4O8/c1-11(26)17(22-10-25)19(30)24-14(8-12-5-6-15(27)16(28)9-12)18(29)23-13(20(31)32)4-2-3-7-21/h5-6,9-11,13-14,17,26-28H,2-4,7-8,21H2,1H3,(H,22,25)(H,23,29)(H,24,30)(H,31,32). The van der Waals surface area contributed by atoms with Gasteiger partial charge in [0.05, 0.1) is 6.10 Å². The van der Waals surface area contributed by atoms with E-state index in [1.54, 1.807) is 0 Å². The summed E-state index contributed by atoms with van der Waals surface area (Å²) in [6, 6.07) is -0.0857. The Bertz CT molecular complexity index is 802. The SMILES string of the molecule is CC(O)C(NC=O)C(=O)NC(Cc1ccc(O)c(O)c1)C(=O)NC(CCCCN)C(=O)O. The Morgan fingerprint density at radius 3 is 2.25 bits per heavy atom. The summed E-state index contributed by atoms with van der Waals surface area (Å²) in [5.74, 6) is -3.77. The summed E-state index contributed by atoms with van der Waals surface area (Å²) >= 11 is 0. The van der Waals surface area contributed by atoms with Gasteiger partial charge in [-0.3, -0.25) is 14.4 Å². The Balaban J connectivity index is 3.09. The number of benzene rings is 1. The monoisotopic (exact) mass is 454 g/mol. The molecular formula is C20H30N4O8. The maximum Gasteiger partial charge on any atom is 0.326 e. The van der Waals surface area contributed by atoms with Crippen molar-refractivity contribution in [3.63, 3.8) is 0 Å². The Morgan fingerprint density at radius 1 is 1.06 bits per heavy atom. The zero-order valence-electron chi connectivity index (χ0n) is 17.7. The molecule has 0 aliphatic carbocycles. The molecule has 12 nitrogen and oxygen atoms in total. The van der Waals surface area contributed by atoms with Gasteiger partial charge in [0.2, 0.25) is 18.2 Å². The second kappa shape index (κ2) is 13.1. The summed E-state index contributed by atoms with van der Waals surface area (Å²) in [6.07, 6.45) is -0.0631. The second-order valence-electron chi connectivity index (χ2n) is 7.28. The molecular weight excluding hydrogens is 424 g/mol. The third kappa shape index (κ3) is 8.40. The van der Waals surface area contributed by atoms with Crippen LogP contribution >= 0.6 is 0 Å². The molecule has 0 spiro atoms. The number of carboxylic acid groups (broad SMARTS) is 1. The van der Waals surface area contributed by atoms with Gasteiger partial charge in [0, 0.05) is 6.42 Å². The average molecular weight is 454 g/mol. The van der Waals surface area contributed by atoms with Crippen LogP contribution in [0.5, 0.6) is 11.5 Å². The van der Waals surface area contributed by atoms with Crippen molar-refractivity contribution in [2.75, 3.05) is 6.54 Å². The minimum Gasteiger partial charge on any atom is -0.504 e. The van der Waals surface area contributed by atoms with Gasteiger partial charge in [0.1, 0.15) is 18.1 Å². The van der Waals surface area contributed by atoms with Crippen molar-refractivity contribution < 1.29 is 39.6 Å². The van der Waals surface area contributed by atoms with Crippen LogP contribution < -0.4 is 21.7 Å². The van der Waals surface area contributed by atoms with Crippen LogP contribution in [0.25, 0.3) is 0 Å². The van der Waals surface area contributed by atoms with Crippen molar-refractivity contribution in [1.82, 2.24) is 16.0 Å². The summed E-state index contributed by atoms with van der Waals surface area (Å²) in [4.78, 5) is 47.7. The molecule has 1 aromatic rings. The summed E-state index contributed by atoms with van der Waals surface area (Å²) in [6.45, 7) is 1.64. The van der Waals surface area contributed by atoms with Crippen LogP contribution in [0.1, 0.15) is 31.7 Å². The molecule has 0 bridgehead atoms. The van der Waals surface area contributed by atoms with E-state index in [4.69, 9.17) is 5.73 Å². The number of aliphatic carboxylic acids is 1. The second-order valence-corrected chi connectivity index (χ2v) is 7.28. The number of aromatic hydroxyl groups is 2. The van der Waals surface area contributed by atoms with E-state index in [1.165, 1.54) is 25.1 Å². The van der Waals surface area contributed by atoms with Crippen LogP contribution in [0, 0.1) is 0 Å². The molecule has 4 unspecified atom stereocenters. The molecule has 0 aliphatic rings. The van der Waals surface area contributed by atoms with E-state index >= 15 is 0 Å². The predicted octanol–water partition coefficient (Wildman–Crippen LogP) is -1.68. The number of hydrogen-bond donors (Lipinski definition) is 8. The maximum atomic E-state index is 12.9. The quantitative estimate of drug-likeness (QED) is 0.0914. The highest BCUT2D eigenvalue weighted by Gasteiger charge is 2.30. The average Bonchev–Trinajstić information content (AvgIpc) is 2.72. The Morgan fingerprint density at radius 2 is 1.72 bits per heavy atom. The minimum absolute atomic E-state index is 0.127. The molecule has 1 rings (SSSR count). The highest BCUT2D eigenvalue weighted by Crippen LogP contribution is 2.25. The molecule has 0 aromatic heterocycles. The number of aliphatic hydroxyl groups is 1. The van der Waals surface area contributed by atoms with Crippen LogP contribution in [-0.2, 0) is 25.6 Å². The number of nitrogens with one attached hydrogen (secondary N) is 3. The van der Waals surface area contributed by atoms with E-state index in [-0.39, 0.29) is 25.0 Å². The number of nitrogens with two attached hydrogens (primary N) is 1. The fourth-order valence-corrected chi connectivity index (χ4v) is 2.93. The number of phenols is 2. The van der Waals surface area contributed by atoms with Crippen molar-refractivity contribution in [2.45, 2.75) is 56.8 Å². The number of unbranched alkanes of at least 4 members (excludes halogenated alkanes) is 1. The minimum atomic E-state index is -1.35. The Kier molecular flexibility index (Phi) is 10.9. The number of phenolic OH excluding ortho intramolecular Hbond substituents is 2. The molecule has 9 N–H and O–H groups in total. The fourth-order valence-electron chi connectivity index (χ4n) is 2.93. The normalized spacial score (nSPS) is 14.5. The lowest BCUT2D eigenvalue weighted by Gasteiger charge is -2.25. The van der Waals surface area contributed by atoms with Crippen LogP contribution in [0.15, 0.2) is 18.2 Å². The van der Waals surface area contributed by atoms with E-state index in [9.17, 15) is 39.6 Å². The van der Waals surface area contributed by atoms with E-state index in [0.717, 1.165) is 0 Å². The van der Waals surface area contributed by atoms with Gasteiger partial charge >= 0.3 is 5.97 Å². The first-order valence-corrected chi connectivity index (χ1v) is 10.0. The lowest BCUT2D eigenvalue weighted by molar-refractivity contribution is -0.142. The molecule has 4 atom stereocenters. The van der Waals surface area contributed by atoms with Crippen LogP contribution in [0.2, 0.25) is 0 Å². The number of aliphatic hydroxyl groups excluding tert-OH is 1. The van der Waals surface area contributed by atoms with Gasteiger partial charge in [0.15, 0.2) is 11.5 Å². The Labute approximate surface area is 184 Å². The number of amides is 3. The van der Waals surface area contributed by atoms with Gasteiger partial charge in [-0.2, -0.15) is 0 Å². The van der Waals surface area contributed by atoms with Gasteiger partial charge in [-0.05, 0) is 50.4 Å². The van der Waals surface area contributed by atoms with Crippen molar-refractivity contribution in [3.05, 3.63) is 23.8 Å². The molecule has 0 saturated carbocycles. The highest BCUT2D eigenvalue weighted by molar-refractivity contribution is 5.92. The predicted molar refractivity (Wildman–Crippen MR) is 113 cm³/mol. The summed E-state index contributed by atoms with van der Waals surface area (Å²) in [5.41, 5.74) is 5.76. The van der Waals surface area contributed by atoms with Crippen LogP contribution in [-0.4, -0.2) is 75.4 Å².